The van der Waals surface area contributed by atoms with Gasteiger partial charge in [0.15, 0.2) is 0 Å². The van der Waals surface area contributed by atoms with E-state index in [1.807, 2.05) is 43.3 Å². The average Bonchev–Trinajstić information content (AvgIpc) is 2.39. The van der Waals surface area contributed by atoms with Crippen LogP contribution >= 0.6 is 0 Å². The molecule has 2 aromatic carbocycles. The number of benzene rings is 2. The fourth-order valence-corrected chi connectivity index (χ4v) is 1.67. The van der Waals surface area contributed by atoms with Crippen LogP contribution in [0.15, 0.2) is 48.5 Å². The predicted octanol–water partition coefficient (Wildman–Crippen LogP) is 3.14. The Morgan fingerprint density at radius 3 is 2.42 bits per heavy atom. The molecular formula is C15H15FN2O. The number of amides is 1. The lowest BCUT2D eigenvalue weighted by Gasteiger charge is -2.14. The third-order valence-corrected chi connectivity index (χ3v) is 2.73. The first-order chi connectivity index (χ1) is 9.06. The monoisotopic (exact) mass is 258 g/mol. The highest BCUT2D eigenvalue weighted by molar-refractivity contribution is 6.04. The van der Waals surface area contributed by atoms with Crippen LogP contribution in [-0.4, -0.2) is 20.0 Å². The first-order valence-electron chi connectivity index (χ1n) is 5.90. The molecule has 1 amide bonds. The highest BCUT2D eigenvalue weighted by atomic mass is 19.1. The lowest BCUT2D eigenvalue weighted by molar-refractivity contribution is 0.102. The molecule has 98 valence electrons. The van der Waals surface area contributed by atoms with Crippen LogP contribution in [0.2, 0.25) is 0 Å². The summed E-state index contributed by atoms with van der Waals surface area (Å²) in [5.41, 5.74) is 2.13. The molecule has 0 aromatic heterocycles. The smallest absolute Gasteiger partial charge is 0.255 e. The number of hydrogen-bond acceptors (Lipinski definition) is 2. The number of carbonyl (C=O) groups excluding carboxylic acids is 1. The Morgan fingerprint density at radius 1 is 1.11 bits per heavy atom. The summed E-state index contributed by atoms with van der Waals surface area (Å²) in [5, 5.41) is 2.78. The molecule has 0 aliphatic carbocycles. The Balaban J connectivity index is 2.14. The minimum absolute atomic E-state index is 0.254. The van der Waals surface area contributed by atoms with Gasteiger partial charge in [0.05, 0.1) is 0 Å². The van der Waals surface area contributed by atoms with Crippen molar-refractivity contribution in [1.82, 2.24) is 0 Å². The lowest BCUT2D eigenvalue weighted by atomic mass is 10.2. The van der Waals surface area contributed by atoms with Gasteiger partial charge in [0.1, 0.15) is 5.82 Å². The number of hydrogen-bond donors (Lipinski definition) is 1. The maximum Gasteiger partial charge on any atom is 0.255 e. The quantitative estimate of drug-likeness (QED) is 0.917. The minimum Gasteiger partial charge on any atom is -0.378 e. The topological polar surface area (TPSA) is 32.3 Å². The van der Waals surface area contributed by atoms with E-state index in [-0.39, 0.29) is 11.7 Å². The summed E-state index contributed by atoms with van der Waals surface area (Å²) in [6.07, 6.45) is 0. The van der Waals surface area contributed by atoms with Crippen molar-refractivity contribution in [3.05, 3.63) is 59.9 Å². The Morgan fingerprint density at radius 2 is 1.79 bits per heavy atom. The van der Waals surface area contributed by atoms with Gasteiger partial charge in [-0.25, -0.2) is 4.39 Å². The van der Waals surface area contributed by atoms with Gasteiger partial charge in [-0.1, -0.05) is 6.07 Å². The molecule has 0 aliphatic rings. The third-order valence-electron chi connectivity index (χ3n) is 2.73. The Bertz CT molecular complexity index is 579. The van der Waals surface area contributed by atoms with Gasteiger partial charge in [0.2, 0.25) is 0 Å². The maximum absolute atomic E-state index is 12.8. The normalized spacial score (nSPS) is 10.1. The molecule has 0 saturated carbocycles. The minimum atomic E-state index is -0.355. The molecule has 4 heteroatoms. The van der Waals surface area contributed by atoms with E-state index in [1.54, 1.807) is 0 Å². The molecule has 0 bridgehead atoms. The fourth-order valence-electron chi connectivity index (χ4n) is 1.67. The molecule has 0 fully saturated rings. The second-order valence-electron chi connectivity index (χ2n) is 4.41. The number of nitrogens with zero attached hydrogens (tertiary/aromatic N) is 1. The second-order valence-corrected chi connectivity index (χ2v) is 4.41. The van der Waals surface area contributed by atoms with Gasteiger partial charge in [-0.05, 0) is 42.5 Å². The standard InChI is InChI=1S/C15H15FN2O/c1-18(2)14-5-3-4-13(10-14)17-15(19)11-6-8-12(16)9-7-11/h3-10H,1-2H3,(H,17,19). The van der Waals surface area contributed by atoms with Crippen molar-refractivity contribution in [2.75, 3.05) is 24.3 Å². The summed E-state index contributed by atoms with van der Waals surface area (Å²) in [6.45, 7) is 0. The molecule has 2 rings (SSSR count). The van der Waals surface area contributed by atoms with Gasteiger partial charge in [-0.3, -0.25) is 4.79 Å². The van der Waals surface area contributed by atoms with Crippen molar-refractivity contribution in [1.29, 1.82) is 0 Å². The van der Waals surface area contributed by atoms with Gasteiger partial charge >= 0.3 is 0 Å². The van der Waals surface area contributed by atoms with Crippen molar-refractivity contribution >= 4 is 17.3 Å². The molecule has 3 nitrogen and oxygen atoms in total. The van der Waals surface area contributed by atoms with E-state index < -0.39 is 0 Å². The van der Waals surface area contributed by atoms with Crippen LogP contribution in [0.5, 0.6) is 0 Å². The maximum atomic E-state index is 12.8. The number of anilines is 2. The van der Waals surface area contributed by atoms with Crippen molar-refractivity contribution < 1.29 is 9.18 Å². The Hall–Kier alpha value is -2.36. The summed E-state index contributed by atoms with van der Waals surface area (Å²) >= 11 is 0. The predicted molar refractivity (Wildman–Crippen MR) is 75.1 cm³/mol. The van der Waals surface area contributed by atoms with Crippen LogP contribution in [0.4, 0.5) is 15.8 Å². The van der Waals surface area contributed by atoms with E-state index >= 15 is 0 Å². The first-order valence-corrected chi connectivity index (χ1v) is 5.90. The van der Waals surface area contributed by atoms with Gasteiger partial charge in [0, 0.05) is 31.0 Å². The first kappa shape index (κ1) is 13.1. The molecular weight excluding hydrogens is 243 g/mol. The van der Waals surface area contributed by atoms with E-state index in [0.717, 1.165) is 5.69 Å². The van der Waals surface area contributed by atoms with Crippen molar-refractivity contribution in [2.45, 2.75) is 0 Å². The zero-order valence-corrected chi connectivity index (χ0v) is 10.9. The van der Waals surface area contributed by atoms with Crippen molar-refractivity contribution in [3.8, 4) is 0 Å². The average molecular weight is 258 g/mol. The molecule has 0 unspecified atom stereocenters. The number of carbonyl (C=O) groups is 1. The summed E-state index contributed by atoms with van der Waals surface area (Å²) in [7, 11) is 3.86. The van der Waals surface area contributed by atoms with Crippen LogP contribution in [0.3, 0.4) is 0 Å². The van der Waals surface area contributed by atoms with E-state index in [4.69, 9.17) is 0 Å². The van der Waals surface area contributed by atoms with Crippen LogP contribution in [0, 0.1) is 5.82 Å². The van der Waals surface area contributed by atoms with Crippen LogP contribution in [0.1, 0.15) is 10.4 Å². The number of rotatable bonds is 3. The van der Waals surface area contributed by atoms with Crippen LogP contribution in [0.25, 0.3) is 0 Å². The summed E-state index contributed by atoms with van der Waals surface area (Å²) < 4.78 is 12.8. The van der Waals surface area contributed by atoms with E-state index in [2.05, 4.69) is 5.32 Å². The molecule has 0 heterocycles. The Labute approximate surface area is 111 Å². The highest BCUT2D eigenvalue weighted by Gasteiger charge is 2.06. The fraction of sp³-hybridized carbons (Fsp3) is 0.133. The summed E-state index contributed by atoms with van der Waals surface area (Å²) in [6, 6.07) is 13.0. The zero-order chi connectivity index (χ0) is 13.8. The molecule has 0 atom stereocenters. The van der Waals surface area contributed by atoms with Crippen LogP contribution in [-0.2, 0) is 0 Å². The highest BCUT2D eigenvalue weighted by Crippen LogP contribution is 2.18. The number of halogens is 1. The van der Waals surface area contributed by atoms with Gasteiger partial charge in [-0.2, -0.15) is 0 Å². The van der Waals surface area contributed by atoms with Crippen LogP contribution < -0.4 is 10.2 Å². The van der Waals surface area contributed by atoms with Crippen molar-refractivity contribution in [3.63, 3.8) is 0 Å². The van der Waals surface area contributed by atoms with Gasteiger partial charge in [0.25, 0.3) is 5.91 Å². The molecule has 1 N–H and O–H groups in total. The molecule has 19 heavy (non-hydrogen) atoms. The van der Waals surface area contributed by atoms with E-state index in [1.165, 1.54) is 24.3 Å². The molecule has 0 radical (unpaired) electrons. The van der Waals surface area contributed by atoms with Gasteiger partial charge < -0.3 is 10.2 Å². The lowest BCUT2D eigenvalue weighted by Crippen LogP contribution is -2.13. The SMILES string of the molecule is CN(C)c1cccc(NC(=O)c2ccc(F)cc2)c1. The summed E-state index contributed by atoms with van der Waals surface area (Å²) in [5.74, 6) is -0.609. The van der Waals surface area contributed by atoms with Crippen molar-refractivity contribution in [2.24, 2.45) is 0 Å². The molecule has 2 aromatic rings. The molecule has 0 aliphatic heterocycles. The molecule has 0 saturated heterocycles. The third kappa shape index (κ3) is 3.31. The Kier molecular flexibility index (Phi) is 3.80. The summed E-state index contributed by atoms with van der Waals surface area (Å²) in [4.78, 5) is 13.9. The van der Waals surface area contributed by atoms with Gasteiger partial charge in [-0.15, -0.1) is 0 Å². The van der Waals surface area contributed by atoms with E-state index in [9.17, 15) is 9.18 Å². The van der Waals surface area contributed by atoms with E-state index in [0.29, 0.717) is 11.3 Å². The largest absolute Gasteiger partial charge is 0.378 e. The number of nitrogens with one attached hydrogen (secondary N) is 1. The molecule has 0 spiro atoms. The zero-order valence-electron chi connectivity index (χ0n) is 10.9. The second kappa shape index (κ2) is 5.52.